The molecule has 0 amide bonds. The average Bonchev–Trinajstić information content (AvgIpc) is 2.58. The topological polar surface area (TPSA) is 45.7 Å². The van der Waals surface area contributed by atoms with Crippen LogP contribution in [0.25, 0.3) is 0 Å². The van der Waals surface area contributed by atoms with E-state index in [1.807, 2.05) is 37.0 Å². The van der Waals surface area contributed by atoms with Crippen LogP contribution in [0.15, 0.2) is 35.3 Å². The monoisotopic (exact) mass is 337 g/mol. The number of nitrogens with one attached hydrogen (secondary N) is 2. The SMILES string of the molecule is CN=C(NCCCCSC)NCC(C)COCc1ccccc1. The summed E-state index contributed by atoms with van der Waals surface area (Å²) in [6.45, 7) is 5.43. The highest BCUT2D eigenvalue weighted by Gasteiger charge is 2.04. The molecular formula is C18H31N3OS. The molecule has 1 aromatic carbocycles. The van der Waals surface area contributed by atoms with Crippen LogP contribution in [0.5, 0.6) is 0 Å². The van der Waals surface area contributed by atoms with Gasteiger partial charge in [-0.2, -0.15) is 11.8 Å². The first-order valence-electron chi connectivity index (χ1n) is 8.31. The molecule has 1 rings (SSSR count). The van der Waals surface area contributed by atoms with Gasteiger partial charge in [0, 0.05) is 20.1 Å². The van der Waals surface area contributed by atoms with Gasteiger partial charge in [0.2, 0.25) is 0 Å². The van der Waals surface area contributed by atoms with Gasteiger partial charge in [0.25, 0.3) is 0 Å². The van der Waals surface area contributed by atoms with Gasteiger partial charge in [0.15, 0.2) is 5.96 Å². The maximum atomic E-state index is 5.77. The lowest BCUT2D eigenvalue weighted by molar-refractivity contribution is 0.0931. The minimum absolute atomic E-state index is 0.439. The zero-order valence-corrected chi connectivity index (χ0v) is 15.5. The van der Waals surface area contributed by atoms with E-state index >= 15 is 0 Å². The molecule has 0 saturated carbocycles. The summed E-state index contributed by atoms with van der Waals surface area (Å²) in [7, 11) is 1.81. The number of unbranched alkanes of at least 4 members (excludes halogenated alkanes) is 1. The number of thioether (sulfide) groups is 1. The normalized spacial score (nSPS) is 12.9. The van der Waals surface area contributed by atoms with Crippen molar-refractivity contribution in [3.05, 3.63) is 35.9 Å². The van der Waals surface area contributed by atoms with E-state index in [1.165, 1.54) is 24.2 Å². The molecule has 0 aliphatic carbocycles. The molecule has 130 valence electrons. The number of ether oxygens (including phenoxy) is 1. The highest BCUT2D eigenvalue weighted by Crippen LogP contribution is 2.03. The number of nitrogens with zero attached hydrogens (tertiary/aromatic N) is 1. The lowest BCUT2D eigenvalue weighted by atomic mass is 10.2. The Bertz CT molecular complexity index is 426. The van der Waals surface area contributed by atoms with Crippen LogP contribution >= 0.6 is 11.8 Å². The van der Waals surface area contributed by atoms with Crippen molar-refractivity contribution in [3.63, 3.8) is 0 Å². The van der Waals surface area contributed by atoms with Crippen LogP contribution in [0.1, 0.15) is 25.3 Å². The van der Waals surface area contributed by atoms with E-state index in [1.54, 1.807) is 0 Å². The molecule has 5 heteroatoms. The Morgan fingerprint density at radius 3 is 2.70 bits per heavy atom. The third-order valence-electron chi connectivity index (χ3n) is 3.42. The summed E-state index contributed by atoms with van der Waals surface area (Å²) in [5.41, 5.74) is 1.22. The number of benzene rings is 1. The number of hydrogen-bond donors (Lipinski definition) is 2. The van der Waals surface area contributed by atoms with E-state index < -0.39 is 0 Å². The second-order valence-corrected chi connectivity index (χ2v) is 6.67. The van der Waals surface area contributed by atoms with E-state index in [2.05, 4.69) is 40.9 Å². The van der Waals surface area contributed by atoms with Crippen molar-refractivity contribution in [1.29, 1.82) is 0 Å². The fourth-order valence-electron chi connectivity index (χ4n) is 2.08. The molecule has 23 heavy (non-hydrogen) atoms. The van der Waals surface area contributed by atoms with Crippen molar-refractivity contribution in [3.8, 4) is 0 Å². The van der Waals surface area contributed by atoms with Gasteiger partial charge in [0.1, 0.15) is 0 Å². The Labute approximate surface area is 145 Å². The zero-order chi connectivity index (χ0) is 16.8. The van der Waals surface area contributed by atoms with Crippen LogP contribution in [0.3, 0.4) is 0 Å². The predicted molar refractivity (Wildman–Crippen MR) is 102 cm³/mol. The molecule has 0 saturated heterocycles. The quantitative estimate of drug-likeness (QED) is 0.370. The van der Waals surface area contributed by atoms with Gasteiger partial charge in [0.05, 0.1) is 13.2 Å². The molecule has 0 aliphatic rings. The molecular weight excluding hydrogens is 306 g/mol. The molecule has 1 atom stereocenters. The van der Waals surface area contributed by atoms with Crippen molar-refractivity contribution in [2.45, 2.75) is 26.4 Å². The minimum Gasteiger partial charge on any atom is -0.376 e. The van der Waals surface area contributed by atoms with Gasteiger partial charge >= 0.3 is 0 Å². The van der Waals surface area contributed by atoms with Crippen LogP contribution < -0.4 is 10.6 Å². The molecule has 0 aliphatic heterocycles. The van der Waals surface area contributed by atoms with E-state index in [0.717, 1.165) is 25.7 Å². The summed E-state index contributed by atoms with van der Waals surface area (Å²) in [5.74, 6) is 2.54. The van der Waals surface area contributed by atoms with Crippen LogP contribution in [0.4, 0.5) is 0 Å². The number of aliphatic imine (C=N–C) groups is 1. The molecule has 4 nitrogen and oxygen atoms in total. The van der Waals surface area contributed by atoms with Gasteiger partial charge in [-0.15, -0.1) is 0 Å². The molecule has 2 N–H and O–H groups in total. The largest absolute Gasteiger partial charge is 0.376 e. The van der Waals surface area contributed by atoms with E-state index in [4.69, 9.17) is 4.74 Å². The third-order valence-corrected chi connectivity index (χ3v) is 4.12. The summed E-state index contributed by atoms with van der Waals surface area (Å²) in [4.78, 5) is 4.25. The lowest BCUT2D eigenvalue weighted by Gasteiger charge is -2.16. The van der Waals surface area contributed by atoms with E-state index in [-0.39, 0.29) is 0 Å². The van der Waals surface area contributed by atoms with Crippen molar-refractivity contribution in [2.75, 3.05) is 38.8 Å². The Morgan fingerprint density at radius 2 is 2.00 bits per heavy atom. The fourth-order valence-corrected chi connectivity index (χ4v) is 2.57. The third kappa shape index (κ3) is 10.2. The highest BCUT2D eigenvalue weighted by molar-refractivity contribution is 7.98. The maximum absolute atomic E-state index is 5.77. The lowest BCUT2D eigenvalue weighted by Crippen LogP contribution is -2.40. The standard InChI is InChI=1S/C18H31N3OS/c1-16(14-22-15-17-9-5-4-6-10-17)13-21-18(19-2)20-11-7-8-12-23-3/h4-6,9-10,16H,7-8,11-15H2,1-3H3,(H2,19,20,21). The number of guanidine groups is 1. The van der Waals surface area contributed by atoms with E-state index in [9.17, 15) is 0 Å². The van der Waals surface area contributed by atoms with Crippen molar-refractivity contribution < 1.29 is 4.74 Å². The maximum Gasteiger partial charge on any atom is 0.190 e. The zero-order valence-electron chi connectivity index (χ0n) is 14.7. The van der Waals surface area contributed by atoms with Gasteiger partial charge < -0.3 is 15.4 Å². The van der Waals surface area contributed by atoms with Crippen LogP contribution in [-0.2, 0) is 11.3 Å². The predicted octanol–water partition coefficient (Wildman–Crippen LogP) is 3.15. The molecule has 1 aromatic rings. The van der Waals surface area contributed by atoms with Gasteiger partial charge in [-0.25, -0.2) is 0 Å². The first-order chi connectivity index (χ1) is 11.3. The molecule has 0 spiro atoms. The molecule has 0 radical (unpaired) electrons. The smallest absolute Gasteiger partial charge is 0.190 e. The minimum atomic E-state index is 0.439. The molecule has 0 aromatic heterocycles. The average molecular weight is 338 g/mol. The fraction of sp³-hybridized carbons (Fsp3) is 0.611. The highest BCUT2D eigenvalue weighted by atomic mass is 32.2. The van der Waals surface area contributed by atoms with Crippen LogP contribution in [0, 0.1) is 5.92 Å². The molecule has 0 fully saturated rings. The molecule has 0 bridgehead atoms. The first kappa shape index (κ1) is 19.8. The van der Waals surface area contributed by atoms with Crippen LogP contribution in [0.2, 0.25) is 0 Å². The summed E-state index contributed by atoms with van der Waals surface area (Å²) < 4.78 is 5.77. The van der Waals surface area contributed by atoms with Gasteiger partial charge in [-0.05, 0) is 36.3 Å². The second kappa shape index (κ2) is 13.3. The van der Waals surface area contributed by atoms with Crippen molar-refractivity contribution in [2.24, 2.45) is 10.9 Å². The van der Waals surface area contributed by atoms with E-state index in [0.29, 0.717) is 12.5 Å². The van der Waals surface area contributed by atoms with Gasteiger partial charge in [-0.3, -0.25) is 4.99 Å². The summed E-state index contributed by atoms with van der Waals surface area (Å²) in [6, 6.07) is 10.3. The van der Waals surface area contributed by atoms with Crippen molar-refractivity contribution >= 4 is 17.7 Å². The Hall–Kier alpha value is -1.20. The van der Waals surface area contributed by atoms with Crippen LogP contribution in [-0.4, -0.2) is 44.7 Å². The molecule has 0 heterocycles. The molecule has 1 unspecified atom stereocenters. The Balaban J connectivity index is 2.09. The Morgan fingerprint density at radius 1 is 1.22 bits per heavy atom. The number of hydrogen-bond acceptors (Lipinski definition) is 3. The van der Waals surface area contributed by atoms with Crippen molar-refractivity contribution in [1.82, 2.24) is 10.6 Å². The van der Waals surface area contributed by atoms with Gasteiger partial charge in [-0.1, -0.05) is 37.3 Å². The first-order valence-corrected chi connectivity index (χ1v) is 9.70. The summed E-state index contributed by atoms with van der Waals surface area (Å²) in [5, 5.41) is 6.72. The number of rotatable bonds is 11. The Kier molecular flexibility index (Phi) is 11.4. The second-order valence-electron chi connectivity index (χ2n) is 5.69. The summed E-state index contributed by atoms with van der Waals surface area (Å²) in [6.07, 6.45) is 4.57. The summed E-state index contributed by atoms with van der Waals surface area (Å²) >= 11 is 1.90.